The van der Waals surface area contributed by atoms with Gasteiger partial charge in [-0.25, -0.2) is 4.98 Å². The van der Waals surface area contributed by atoms with E-state index in [0.717, 1.165) is 30.5 Å². The maximum atomic E-state index is 8.51. The van der Waals surface area contributed by atoms with Crippen LogP contribution >= 0.6 is 0 Å². The fraction of sp³-hybridized carbons (Fsp3) is 0.385. The van der Waals surface area contributed by atoms with E-state index in [1.165, 1.54) is 5.56 Å². The number of rotatable bonds is 5. The Morgan fingerprint density at radius 2 is 2.29 bits per heavy atom. The summed E-state index contributed by atoms with van der Waals surface area (Å²) in [7, 11) is 2.05. The minimum Gasteiger partial charge on any atom is -0.345 e. The van der Waals surface area contributed by atoms with Gasteiger partial charge in [-0.15, -0.1) is 0 Å². The molecule has 0 unspecified atom stereocenters. The molecule has 1 N–H and O–H groups in total. The van der Waals surface area contributed by atoms with E-state index in [-0.39, 0.29) is 0 Å². The van der Waals surface area contributed by atoms with Crippen molar-refractivity contribution in [2.45, 2.75) is 12.8 Å². The number of aromatic nitrogens is 2. The first-order valence-corrected chi connectivity index (χ1v) is 5.77. The average molecular weight is 228 g/mol. The third-order valence-corrected chi connectivity index (χ3v) is 2.87. The molecule has 0 saturated carbocycles. The van der Waals surface area contributed by atoms with Crippen LogP contribution in [0.25, 0.3) is 11.0 Å². The van der Waals surface area contributed by atoms with Crippen LogP contribution in [-0.2, 0) is 6.42 Å². The molecule has 4 heteroatoms. The molecule has 0 aliphatic rings. The molecular weight excluding hydrogens is 212 g/mol. The Kier molecular flexibility index (Phi) is 3.73. The van der Waals surface area contributed by atoms with Gasteiger partial charge >= 0.3 is 0 Å². The second-order valence-electron chi connectivity index (χ2n) is 4.22. The van der Waals surface area contributed by atoms with E-state index in [9.17, 15) is 0 Å². The molecule has 0 fully saturated rings. The molecule has 0 amide bonds. The lowest BCUT2D eigenvalue weighted by atomic mass is 10.1. The highest BCUT2D eigenvalue weighted by Crippen LogP contribution is 2.12. The summed E-state index contributed by atoms with van der Waals surface area (Å²) >= 11 is 0. The molecule has 0 saturated heterocycles. The van der Waals surface area contributed by atoms with Crippen LogP contribution in [0, 0.1) is 11.3 Å². The zero-order chi connectivity index (χ0) is 12.1. The van der Waals surface area contributed by atoms with Crippen LogP contribution in [0.3, 0.4) is 0 Å². The van der Waals surface area contributed by atoms with Crippen LogP contribution in [0.1, 0.15) is 12.0 Å². The molecule has 1 aromatic heterocycles. The highest BCUT2D eigenvalue weighted by atomic mass is 15.1. The number of nitrogens with one attached hydrogen (secondary N) is 1. The number of nitrogens with zero attached hydrogens (tertiary/aromatic N) is 3. The molecule has 0 bridgehead atoms. The molecule has 0 atom stereocenters. The summed E-state index contributed by atoms with van der Waals surface area (Å²) in [6.07, 6.45) is 3.31. The fourth-order valence-electron chi connectivity index (χ4n) is 1.81. The van der Waals surface area contributed by atoms with Gasteiger partial charge in [0.05, 0.1) is 23.4 Å². The second-order valence-corrected chi connectivity index (χ2v) is 4.22. The van der Waals surface area contributed by atoms with E-state index < -0.39 is 0 Å². The molecule has 0 radical (unpaired) electrons. The van der Waals surface area contributed by atoms with Gasteiger partial charge < -0.3 is 9.88 Å². The van der Waals surface area contributed by atoms with Crippen molar-refractivity contribution < 1.29 is 0 Å². The summed E-state index contributed by atoms with van der Waals surface area (Å²) in [5.41, 5.74) is 3.39. The van der Waals surface area contributed by atoms with Crippen molar-refractivity contribution >= 4 is 11.0 Å². The summed E-state index contributed by atoms with van der Waals surface area (Å²) in [6, 6.07) is 8.45. The van der Waals surface area contributed by atoms with Crippen LogP contribution in [-0.4, -0.2) is 35.0 Å². The molecule has 1 aromatic carbocycles. The largest absolute Gasteiger partial charge is 0.345 e. The van der Waals surface area contributed by atoms with Crippen molar-refractivity contribution in [2.75, 3.05) is 20.1 Å². The number of likely N-dealkylation sites (N-methyl/N-ethyl adjacent to an activating group) is 1. The van der Waals surface area contributed by atoms with Crippen LogP contribution in [0.5, 0.6) is 0 Å². The maximum Gasteiger partial charge on any atom is 0.0931 e. The Bertz CT molecular complexity index is 523. The van der Waals surface area contributed by atoms with Crippen molar-refractivity contribution in [1.29, 1.82) is 5.26 Å². The van der Waals surface area contributed by atoms with Crippen LogP contribution in [0.2, 0.25) is 0 Å². The molecule has 4 nitrogen and oxygen atoms in total. The summed E-state index contributed by atoms with van der Waals surface area (Å²) in [5.74, 6) is 0. The van der Waals surface area contributed by atoms with Gasteiger partial charge in [0.2, 0.25) is 0 Å². The highest BCUT2D eigenvalue weighted by Gasteiger charge is 2.01. The van der Waals surface area contributed by atoms with E-state index >= 15 is 0 Å². The number of nitriles is 1. The predicted molar refractivity (Wildman–Crippen MR) is 67.5 cm³/mol. The molecule has 2 rings (SSSR count). The first kappa shape index (κ1) is 11.6. The fourth-order valence-corrected chi connectivity index (χ4v) is 1.81. The molecule has 88 valence electrons. The second kappa shape index (κ2) is 5.46. The minimum absolute atomic E-state index is 0.593. The quantitative estimate of drug-likeness (QED) is 0.851. The monoisotopic (exact) mass is 228 g/mol. The van der Waals surface area contributed by atoms with Gasteiger partial charge in [-0.1, -0.05) is 6.07 Å². The van der Waals surface area contributed by atoms with Gasteiger partial charge in [-0.05, 0) is 31.2 Å². The molecule has 0 aliphatic carbocycles. The van der Waals surface area contributed by atoms with Crippen molar-refractivity contribution in [2.24, 2.45) is 0 Å². The first-order chi connectivity index (χ1) is 8.29. The van der Waals surface area contributed by atoms with Crippen LogP contribution in [0.15, 0.2) is 24.5 Å². The number of hydrogen-bond donors (Lipinski definition) is 1. The van der Waals surface area contributed by atoms with Gasteiger partial charge in [-0.2, -0.15) is 5.26 Å². The smallest absolute Gasteiger partial charge is 0.0931 e. The molecule has 0 aliphatic heterocycles. The van der Waals surface area contributed by atoms with Crippen molar-refractivity contribution in [3.8, 4) is 6.07 Å². The lowest BCUT2D eigenvalue weighted by Crippen LogP contribution is -2.22. The van der Waals surface area contributed by atoms with Crippen molar-refractivity contribution in [1.82, 2.24) is 14.9 Å². The summed E-state index contributed by atoms with van der Waals surface area (Å²) < 4.78 is 0. The van der Waals surface area contributed by atoms with Gasteiger partial charge in [0.25, 0.3) is 0 Å². The zero-order valence-corrected chi connectivity index (χ0v) is 9.98. The zero-order valence-electron chi connectivity index (χ0n) is 9.98. The Labute approximate surface area is 101 Å². The van der Waals surface area contributed by atoms with Gasteiger partial charge in [-0.3, -0.25) is 0 Å². The molecule has 17 heavy (non-hydrogen) atoms. The number of benzene rings is 1. The summed E-state index contributed by atoms with van der Waals surface area (Å²) in [5, 5.41) is 8.51. The SMILES string of the molecule is CN(CCC#N)CCc1ccc2nc[nH]c2c1. The standard InChI is InChI=1S/C13H16N4/c1-17(7-2-6-14)8-5-11-3-4-12-13(9-11)16-10-15-12/h3-4,9-10H,2,5,7-8H2,1H3,(H,15,16). The van der Waals surface area contributed by atoms with E-state index in [4.69, 9.17) is 5.26 Å². The minimum atomic E-state index is 0.593. The van der Waals surface area contributed by atoms with Gasteiger partial charge in [0.15, 0.2) is 0 Å². The number of imidazole rings is 1. The van der Waals surface area contributed by atoms with E-state index in [2.05, 4.69) is 33.1 Å². The predicted octanol–water partition coefficient (Wildman–Crippen LogP) is 1.95. The maximum absolute atomic E-state index is 8.51. The third-order valence-electron chi connectivity index (χ3n) is 2.87. The number of aromatic amines is 1. The van der Waals surface area contributed by atoms with Gasteiger partial charge in [0.1, 0.15) is 0 Å². The average Bonchev–Trinajstić information content (AvgIpc) is 2.81. The Morgan fingerprint density at radius 1 is 1.41 bits per heavy atom. The lowest BCUT2D eigenvalue weighted by Gasteiger charge is -2.14. The molecule has 0 spiro atoms. The van der Waals surface area contributed by atoms with Crippen LogP contribution in [0.4, 0.5) is 0 Å². The molecule has 1 heterocycles. The Morgan fingerprint density at radius 3 is 3.12 bits per heavy atom. The van der Waals surface area contributed by atoms with E-state index in [1.54, 1.807) is 6.33 Å². The van der Waals surface area contributed by atoms with E-state index in [0.29, 0.717) is 6.42 Å². The lowest BCUT2D eigenvalue weighted by molar-refractivity contribution is 0.346. The van der Waals surface area contributed by atoms with Crippen molar-refractivity contribution in [3.05, 3.63) is 30.1 Å². The number of H-pyrrole nitrogens is 1. The normalized spacial score (nSPS) is 10.9. The topological polar surface area (TPSA) is 55.7 Å². The Balaban J connectivity index is 1.92. The van der Waals surface area contributed by atoms with Crippen LogP contribution < -0.4 is 0 Å². The summed E-state index contributed by atoms with van der Waals surface area (Å²) in [6.45, 7) is 1.81. The van der Waals surface area contributed by atoms with E-state index in [1.807, 2.05) is 13.1 Å². The molecular formula is C13H16N4. The highest BCUT2D eigenvalue weighted by molar-refractivity contribution is 5.75. The number of fused-ring (bicyclic) bond motifs is 1. The van der Waals surface area contributed by atoms with Crippen molar-refractivity contribution in [3.63, 3.8) is 0 Å². The third kappa shape index (κ3) is 3.05. The molecule has 2 aromatic rings. The first-order valence-electron chi connectivity index (χ1n) is 5.77. The summed E-state index contributed by atoms with van der Waals surface area (Å²) in [4.78, 5) is 9.49. The van der Waals surface area contributed by atoms with Gasteiger partial charge in [0, 0.05) is 19.5 Å². The number of hydrogen-bond acceptors (Lipinski definition) is 3. The Hall–Kier alpha value is -1.86.